The van der Waals surface area contributed by atoms with Gasteiger partial charge in [0.2, 0.25) is 0 Å². The van der Waals surface area contributed by atoms with E-state index in [1.807, 2.05) is 4.90 Å². The maximum Gasteiger partial charge on any atom is 0.251 e. The first kappa shape index (κ1) is 15.7. The molecule has 5 nitrogen and oxygen atoms in total. The summed E-state index contributed by atoms with van der Waals surface area (Å²) in [5.41, 5.74) is -0.0153. The lowest BCUT2D eigenvalue weighted by Crippen LogP contribution is -2.46. The summed E-state index contributed by atoms with van der Waals surface area (Å²) in [5.74, 6) is -0.826. The average molecular weight is 296 g/mol. The highest BCUT2D eigenvalue weighted by atomic mass is 19.1. The van der Waals surface area contributed by atoms with E-state index in [0.29, 0.717) is 32.0 Å². The van der Waals surface area contributed by atoms with Gasteiger partial charge in [-0.15, -0.1) is 0 Å². The number of rotatable bonds is 4. The zero-order chi connectivity index (χ0) is 15.5. The summed E-state index contributed by atoms with van der Waals surface area (Å²) in [5, 5.41) is 11.8. The van der Waals surface area contributed by atoms with Crippen molar-refractivity contribution in [3.63, 3.8) is 0 Å². The zero-order valence-corrected chi connectivity index (χ0v) is 12.4. The van der Waals surface area contributed by atoms with Crippen LogP contribution in [0.2, 0.25) is 0 Å². The van der Waals surface area contributed by atoms with Crippen molar-refractivity contribution in [1.29, 1.82) is 0 Å². The Labute approximate surface area is 123 Å². The molecule has 1 aliphatic rings. The van der Waals surface area contributed by atoms with Crippen LogP contribution in [0.4, 0.5) is 10.1 Å². The molecule has 0 radical (unpaired) electrons. The summed E-state index contributed by atoms with van der Waals surface area (Å²) in [6, 6.07) is 4.44. The molecule has 1 saturated heterocycles. The topological polar surface area (TPSA) is 61.8 Å². The molecule has 116 valence electrons. The average Bonchev–Trinajstić information content (AvgIpc) is 2.47. The molecule has 2 N–H and O–H groups in total. The second kappa shape index (κ2) is 6.41. The van der Waals surface area contributed by atoms with Gasteiger partial charge < -0.3 is 20.1 Å². The number of hydrogen-bond acceptors (Lipinski definition) is 4. The van der Waals surface area contributed by atoms with Gasteiger partial charge >= 0.3 is 0 Å². The van der Waals surface area contributed by atoms with E-state index in [1.165, 1.54) is 6.07 Å². The van der Waals surface area contributed by atoms with Gasteiger partial charge in [0.05, 0.1) is 31.0 Å². The number of aliphatic hydroxyl groups is 1. The number of amides is 1. The Morgan fingerprint density at radius 2 is 2.10 bits per heavy atom. The third-order valence-electron chi connectivity index (χ3n) is 3.41. The van der Waals surface area contributed by atoms with E-state index in [1.54, 1.807) is 26.0 Å². The lowest BCUT2D eigenvalue weighted by atomic mass is 10.1. The molecule has 1 aromatic carbocycles. The molecule has 0 aliphatic carbocycles. The number of anilines is 1. The molecule has 0 atom stereocenters. The molecule has 1 heterocycles. The number of carbonyl (C=O) groups excluding carboxylic acids is 1. The third kappa shape index (κ3) is 3.92. The van der Waals surface area contributed by atoms with Crippen LogP contribution in [0.1, 0.15) is 24.2 Å². The normalized spacial score (nSPS) is 15.9. The molecule has 0 spiro atoms. The number of benzene rings is 1. The fourth-order valence-corrected chi connectivity index (χ4v) is 2.13. The van der Waals surface area contributed by atoms with E-state index in [0.717, 1.165) is 0 Å². The van der Waals surface area contributed by atoms with Gasteiger partial charge in [-0.2, -0.15) is 0 Å². The molecule has 0 bridgehead atoms. The summed E-state index contributed by atoms with van der Waals surface area (Å²) in [6.07, 6.45) is 0. The van der Waals surface area contributed by atoms with Crippen molar-refractivity contribution in [2.75, 3.05) is 37.8 Å². The van der Waals surface area contributed by atoms with Crippen LogP contribution in [0.25, 0.3) is 0 Å². The van der Waals surface area contributed by atoms with Crippen LogP contribution in [0.15, 0.2) is 18.2 Å². The summed E-state index contributed by atoms with van der Waals surface area (Å²) in [4.78, 5) is 13.9. The van der Waals surface area contributed by atoms with Crippen LogP contribution in [-0.2, 0) is 4.74 Å². The highest BCUT2D eigenvalue weighted by Crippen LogP contribution is 2.21. The van der Waals surface area contributed by atoms with Crippen molar-refractivity contribution in [3.05, 3.63) is 29.6 Å². The summed E-state index contributed by atoms with van der Waals surface area (Å²) in [7, 11) is 0. The number of halogens is 1. The standard InChI is InChI=1S/C15H21FN2O3/c1-15(2,10-19)17-14(20)11-3-4-13(12(16)9-11)18-5-7-21-8-6-18/h3-4,9,19H,5-8,10H2,1-2H3,(H,17,20). The first-order valence-electron chi connectivity index (χ1n) is 6.98. The number of ether oxygens (including phenoxy) is 1. The highest BCUT2D eigenvalue weighted by molar-refractivity contribution is 5.95. The number of hydrogen-bond donors (Lipinski definition) is 2. The van der Waals surface area contributed by atoms with Gasteiger partial charge in [0.25, 0.3) is 5.91 Å². The Balaban J connectivity index is 2.13. The van der Waals surface area contributed by atoms with Crippen LogP contribution >= 0.6 is 0 Å². The molecule has 0 aromatic heterocycles. The van der Waals surface area contributed by atoms with E-state index in [2.05, 4.69) is 5.32 Å². The second-order valence-corrected chi connectivity index (χ2v) is 5.76. The molecule has 0 saturated carbocycles. The first-order valence-corrected chi connectivity index (χ1v) is 6.98. The molecule has 1 aromatic rings. The number of aliphatic hydroxyl groups excluding tert-OH is 1. The predicted octanol–water partition coefficient (Wildman–Crippen LogP) is 1.16. The van der Waals surface area contributed by atoms with Gasteiger partial charge in [-0.1, -0.05) is 0 Å². The monoisotopic (exact) mass is 296 g/mol. The largest absolute Gasteiger partial charge is 0.394 e. The lowest BCUT2D eigenvalue weighted by molar-refractivity contribution is 0.0869. The Morgan fingerprint density at radius 3 is 2.67 bits per heavy atom. The van der Waals surface area contributed by atoms with Gasteiger partial charge in [0.15, 0.2) is 0 Å². The predicted molar refractivity (Wildman–Crippen MR) is 78.1 cm³/mol. The lowest BCUT2D eigenvalue weighted by Gasteiger charge is -2.29. The van der Waals surface area contributed by atoms with E-state index < -0.39 is 17.3 Å². The minimum absolute atomic E-state index is 0.187. The third-order valence-corrected chi connectivity index (χ3v) is 3.41. The minimum Gasteiger partial charge on any atom is -0.394 e. The first-order chi connectivity index (χ1) is 9.93. The SMILES string of the molecule is CC(C)(CO)NC(=O)c1ccc(N2CCOCC2)c(F)c1. The van der Waals surface area contributed by atoms with Crippen molar-refractivity contribution < 1.29 is 19.0 Å². The Kier molecular flexibility index (Phi) is 4.80. The van der Waals surface area contributed by atoms with Crippen molar-refractivity contribution in [2.45, 2.75) is 19.4 Å². The summed E-state index contributed by atoms with van der Waals surface area (Å²) in [6.45, 7) is 5.64. The van der Waals surface area contributed by atoms with Gasteiger partial charge in [0.1, 0.15) is 5.82 Å². The van der Waals surface area contributed by atoms with Gasteiger partial charge in [-0.3, -0.25) is 4.79 Å². The molecular weight excluding hydrogens is 275 g/mol. The molecular formula is C15H21FN2O3. The number of nitrogens with zero attached hydrogens (tertiary/aromatic N) is 1. The van der Waals surface area contributed by atoms with E-state index in [-0.39, 0.29) is 12.2 Å². The maximum absolute atomic E-state index is 14.2. The van der Waals surface area contributed by atoms with E-state index in [9.17, 15) is 9.18 Å². The van der Waals surface area contributed by atoms with Gasteiger partial charge in [-0.05, 0) is 32.0 Å². The quantitative estimate of drug-likeness (QED) is 0.875. The number of morpholine rings is 1. The molecule has 1 amide bonds. The second-order valence-electron chi connectivity index (χ2n) is 5.76. The van der Waals surface area contributed by atoms with Crippen LogP contribution in [0.3, 0.4) is 0 Å². The fourth-order valence-electron chi connectivity index (χ4n) is 2.13. The minimum atomic E-state index is -0.740. The maximum atomic E-state index is 14.2. The summed E-state index contributed by atoms with van der Waals surface area (Å²) < 4.78 is 19.4. The van der Waals surface area contributed by atoms with Crippen molar-refractivity contribution >= 4 is 11.6 Å². The van der Waals surface area contributed by atoms with E-state index in [4.69, 9.17) is 9.84 Å². The molecule has 1 fully saturated rings. The van der Waals surface area contributed by atoms with Crippen LogP contribution in [0, 0.1) is 5.82 Å². The molecule has 2 rings (SSSR count). The molecule has 0 unspecified atom stereocenters. The molecule has 21 heavy (non-hydrogen) atoms. The Bertz CT molecular complexity index is 514. The number of carbonyl (C=O) groups is 1. The van der Waals surface area contributed by atoms with Crippen LogP contribution < -0.4 is 10.2 Å². The van der Waals surface area contributed by atoms with Crippen LogP contribution in [-0.4, -0.2) is 49.5 Å². The Morgan fingerprint density at radius 1 is 1.43 bits per heavy atom. The zero-order valence-electron chi connectivity index (χ0n) is 12.4. The fraction of sp³-hybridized carbons (Fsp3) is 0.533. The van der Waals surface area contributed by atoms with Crippen molar-refractivity contribution in [3.8, 4) is 0 Å². The Hall–Kier alpha value is -1.66. The van der Waals surface area contributed by atoms with Crippen molar-refractivity contribution in [1.82, 2.24) is 5.32 Å². The molecule has 1 aliphatic heterocycles. The molecule has 6 heteroatoms. The number of nitrogens with one attached hydrogen (secondary N) is 1. The van der Waals surface area contributed by atoms with Crippen molar-refractivity contribution in [2.24, 2.45) is 0 Å². The van der Waals surface area contributed by atoms with E-state index >= 15 is 0 Å². The summed E-state index contributed by atoms with van der Waals surface area (Å²) >= 11 is 0. The van der Waals surface area contributed by atoms with Gasteiger partial charge in [-0.25, -0.2) is 4.39 Å². The van der Waals surface area contributed by atoms with Crippen LogP contribution in [0.5, 0.6) is 0 Å². The van der Waals surface area contributed by atoms with Gasteiger partial charge in [0, 0.05) is 18.7 Å². The highest BCUT2D eigenvalue weighted by Gasteiger charge is 2.21. The smallest absolute Gasteiger partial charge is 0.251 e.